The number of rotatable bonds is 2. The largest absolute Gasteiger partial charge is 0.374 e. The Labute approximate surface area is 96.1 Å². The molecule has 0 aliphatic rings. The minimum absolute atomic E-state index is 0.468. The van der Waals surface area contributed by atoms with Gasteiger partial charge in [-0.05, 0) is 19.9 Å². The molecule has 0 radical (unpaired) electrons. The third-order valence-corrected chi connectivity index (χ3v) is 2.89. The highest BCUT2D eigenvalue weighted by molar-refractivity contribution is 9.11. The standard InChI is InChI=1S/C7H10BrCl3O/c1-6(2,12-3)5(8)4-7(9,10)11/h4H,1-3H3. The van der Waals surface area contributed by atoms with Gasteiger partial charge in [0, 0.05) is 11.6 Å². The second kappa shape index (κ2) is 4.52. The topological polar surface area (TPSA) is 9.23 Å². The van der Waals surface area contributed by atoms with Gasteiger partial charge in [0.15, 0.2) is 0 Å². The number of ether oxygens (including phenoxy) is 1. The Kier molecular flexibility index (Phi) is 4.91. The molecule has 0 fully saturated rings. The van der Waals surface area contributed by atoms with E-state index in [2.05, 4.69) is 15.9 Å². The van der Waals surface area contributed by atoms with E-state index in [9.17, 15) is 0 Å². The predicted octanol–water partition coefficient (Wildman–Crippen LogP) is 4.06. The fraction of sp³-hybridized carbons (Fsp3) is 0.714. The maximum atomic E-state index is 5.56. The summed E-state index contributed by atoms with van der Waals surface area (Å²) in [5.74, 6) is 0. The van der Waals surface area contributed by atoms with Crippen molar-refractivity contribution in [3.05, 3.63) is 10.6 Å². The number of methoxy groups -OCH3 is 1. The minimum atomic E-state index is -1.39. The first-order valence-electron chi connectivity index (χ1n) is 3.20. The molecule has 0 aromatic carbocycles. The highest BCUT2D eigenvalue weighted by Crippen LogP contribution is 2.34. The van der Waals surface area contributed by atoms with Gasteiger partial charge in [-0.3, -0.25) is 0 Å². The summed E-state index contributed by atoms with van der Waals surface area (Å²) in [5.41, 5.74) is -0.468. The van der Waals surface area contributed by atoms with Crippen molar-refractivity contribution in [2.24, 2.45) is 0 Å². The Morgan fingerprint density at radius 1 is 1.33 bits per heavy atom. The van der Waals surface area contributed by atoms with E-state index in [0.717, 1.165) is 0 Å². The summed E-state index contributed by atoms with van der Waals surface area (Å²) in [6, 6.07) is 0. The summed E-state index contributed by atoms with van der Waals surface area (Å²) >= 11 is 20.0. The van der Waals surface area contributed by atoms with Crippen LogP contribution in [0.3, 0.4) is 0 Å². The summed E-state index contributed by atoms with van der Waals surface area (Å²) in [4.78, 5) is 0. The molecule has 12 heavy (non-hydrogen) atoms. The Morgan fingerprint density at radius 2 is 1.75 bits per heavy atom. The van der Waals surface area contributed by atoms with Gasteiger partial charge in [0.2, 0.25) is 3.79 Å². The van der Waals surface area contributed by atoms with Crippen LogP contribution in [0.15, 0.2) is 10.6 Å². The molecule has 5 heteroatoms. The average molecular weight is 296 g/mol. The third kappa shape index (κ3) is 4.93. The van der Waals surface area contributed by atoms with E-state index < -0.39 is 9.39 Å². The first-order chi connectivity index (χ1) is 5.19. The second-order valence-corrected chi connectivity index (χ2v) is 5.97. The van der Waals surface area contributed by atoms with Gasteiger partial charge in [0.05, 0.1) is 5.60 Å². The van der Waals surface area contributed by atoms with E-state index in [1.165, 1.54) is 6.08 Å². The van der Waals surface area contributed by atoms with Crippen LogP contribution in [0.25, 0.3) is 0 Å². The average Bonchev–Trinajstić information content (AvgIpc) is 1.84. The van der Waals surface area contributed by atoms with Crippen LogP contribution in [0.4, 0.5) is 0 Å². The van der Waals surface area contributed by atoms with E-state index in [1.54, 1.807) is 7.11 Å². The molecule has 0 aliphatic heterocycles. The van der Waals surface area contributed by atoms with Gasteiger partial charge < -0.3 is 4.74 Å². The lowest BCUT2D eigenvalue weighted by Gasteiger charge is -2.23. The monoisotopic (exact) mass is 294 g/mol. The van der Waals surface area contributed by atoms with E-state index in [4.69, 9.17) is 39.5 Å². The van der Waals surface area contributed by atoms with Gasteiger partial charge in [-0.15, -0.1) is 0 Å². The Balaban J connectivity index is 4.59. The Morgan fingerprint density at radius 3 is 2.00 bits per heavy atom. The number of allylic oxidation sites excluding steroid dienone is 1. The summed E-state index contributed by atoms with van der Waals surface area (Å²) in [7, 11) is 1.59. The first-order valence-corrected chi connectivity index (χ1v) is 5.12. The predicted molar refractivity (Wildman–Crippen MR) is 58.4 cm³/mol. The number of hydrogen-bond acceptors (Lipinski definition) is 1. The quantitative estimate of drug-likeness (QED) is 0.698. The fourth-order valence-corrected chi connectivity index (χ4v) is 1.64. The van der Waals surface area contributed by atoms with Crippen LogP contribution in [0.2, 0.25) is 0 Å². The molecule has 1 nitrogen and oxygen atoms in total. The van der Waals surface area contributed by atoms with E-state index >= 15 is 0 Å². The van der Waals surface area contributed by atoms with Crippen LogP contribution in [0, 0.1) is 0 Å². The van der Waals surface area contributed by atoms with E-state index in [0.29, 0.717) is 4.48 Å². The van der Waals surface area contributed by atoms with Gasteiger partial charge in [-0.1, -0.05) is 50.7 Å². The highest BCUT2D eigenvalue weighted by Gasteiger charge is 2.25. The molecule has 0 saturated heterocycles. The first kappa shape index (κ1) is 13.1. The Bertz CT molecular complexity index is 184. The molecule has 72 valence electrons. The lowest BCUT2D eigenvalue weighted by Crippen LogP contribution is -2.23. The van der Waals surface area contributed by atoms with Gasteiger partial charge >= 0.3 is 0 Å². The van der Waals surface area contributed by atoms with Crippen LogP contribution in [0.5, 0.6) is 0 Å². The van der Waals surface area contributed by atoms with Gasteiger partial charge in [-0.25, -0.2) is 0 Å². The minimum Gasteiger partial charge on any atom is -0.374 e. The highest BCUT2D eigenvalue weighted by atomic mass is 79.9. The summed E-state index contributed by atoms with van der Waals surface area (Å²) in [6.45, 7) is 3.73. The number of halogens is 4. The zero-order valence-corrected chi connectivity index (χ0v) is 10.9. The molecule has 0 bridgehead atoms. The maximum absolute atomic E-state index is 5.56. The lowest BCUT2D eigenvalue weighted by molar-refractivity contribution is 0.0628. The zero-order valence-electron chi connectivity index (χ0n) is 7.00. The molecule has 0 N–H and O–H groups in total. The normalized spacial score (nSPS) is 15.1. The smallest absolute Gasteiger partial charge is 0.210 e. The second-order valence-electron chi connectivity index (χ2n) is 2.75. The molecular formula is C7H10BrCl3O. The third-order valence-electron chi connectivity index (χ3n) is 1.38. The molecule has 0 spiro atoms. The molecular weight excluding hydrogens is 286 g/mol. The molecule has 0 heterocycles. The van der Waals surface area contributed by atoms with Crippen molar-refractivity contribution in [2.45, 2.75) is 23.2 Å². The van der Waals surface area contributed by atoms with Crippen LogP contribution in [-0.2, 0) is 4.74 Å². The van der Waals surface area contributed by atoms with E-state index in [-0.39, 0.29) is 0 Å². The van der Waals surface area contributed by atoms with Crippen molar-refractivity contribution in [3.8, 4) is 0 Å². The number of alkyl halides is 3. The van der Waals surface area contributed by atoms with Crippen LogP contribution >= 0.6 is 50.7 Å². The SMILES string of the molecule is COC(C)(C)C(Br)=CC(Cl)(Cl)Cl. The van der Waals surface area contributed by atoms with Crippen molar-refractivity contribution >= 4 is 50.7 Å². The van der Waals surface area contributed by atoms with Gasteiger partial charge in [0.1, 0.15) is 0 Å². The molecule has 0 amide bonds. The lowest BCUT2D eigenvalue weighted by atomic mass is 10.1. The van der Waals surface area contributed by atoms with Gasteiger partial charge in [0.25, 0.3) is 0 Å². The molecule has 0 atom stereocenters. The molecule has 0 aromatic heterocycles. The van der Waals surface area contributed by atoms with Crippen molar-refractivity contribution in [3.63, 3.8) is 0 Å². The van der Waals surface area contributed by atoms with Crippen LogP contribution < -0.4 is 0 Å². The van der Waals surface area contributed by atoms with Gasteiger partial charge in [-0.2, -0.15) is 0 Å². The molecule has 0 aromatic rings. The fourth-order valence-electron chi connectivity index (χ4n) is 0.415. The maximum Gasteiger partial charge on any atom is 0.210 e. The molecule has 0 saturated carbocycles. The Hall–Kier alpha value is 1.05. The molecule has 0 aliphatic carbocycles. The summed E-state index contributed by atoms with van der Waals surface area (Å²) in [5, 5.41) is 0. The molecule has 0 rings (SSSR count). The van der Waals surface area contributed by atoms with Crippen molar-refractivity contribution < 1.29 is 4.74 Å². The van der Waals surface area contributed by atoms with E-state index in [1.807, 2.05) is 13.8 Å². The van der Waals surface area contributed by atoms with Crippen molar-refractivity contribution in [1.82, 2.24) is 0 Å². The van der Waals surface area contributed by atoms with Crippen LogP contribution in [0.1, 0.15) is 13.8 Å². The zero-order chi connectivity index (χ0) is 9.99. The van der Waals surface area contributed by atoms with Crippen molar-refractivity contribution in [1.29, 1.82) is 0 Å². The van der Waals surface area contributed by atoms with Crippen LogP contribution in [-0.4, -0.2) is 16.5 Å². The molecule has 0 unspecified atom stereocenters. The summed E-state index contributed by atoms with van der Waals surface area (Å²) in [6.07, 6.45) is 1.47. The summed E-state index contributed by atoms with van der Waals surface area (Å²) < 4.78 is 4.47. The van der Waals surface area contributed by atoms with Crippen molar-refractivity contribution in [2.75, 3.05) is 7.11 Å². The number of hydrogen-bond donors (Lipinski definition) is 0.